The number of likely N-dealkylation sites (tertiary alicyclic amines) is 1. The molecule has 1 aliphatic rings. The standard InChI is InChI=1S/C30H29FN6O2/c1-20-24(30(39)36-15-3-2-6-26(36)33-20)13-18-35-16-11-22(12-17-35)27(38)29-34-25-5-4-14-32-28(25)37(29)19-21-7-9-23(31)10-8-21/h2-10,14-15,22H,11-13,16-19H2,1H3. The summed E-state index contributed by atoms with van der Waals surface area (Å²) in [6, 6.07) is 15.5. The molecular formula is C30H29FN6O2. The van der Waals surface area contributed by atoms with Gasteiger partial charge in [0.1, 0.15) is 17.0 Å². The van der Waals surface area contributed by atoms with E-state index in [0.717, 1.165) is 49.3 Å². The van der Waals surface area contributed by atoms with Gasteiger partial charge in [-0.2, -0.15) is 0 Å². The van der Waals surface area contributed by atoms with E-state index >= 15 is 0 Å². The molecular weight excluding hydrogens is 495 g/mol. The number of nitrogens with zero attached hydrogens (tertiary/aromatic N) is 6. The molecule has 0 radical (unpaired) electrons. The van der Waals surface area contributed by atoms with Crippen LogP contribution in [0.5, 0.6) is 0 Å². The summed E-state index contributed by atoms with van der Waals surface area (Å²) in [6.45, 7) is 4.57. The first-order valence-electron chi connectivity index (χ1n) is 13.3. The topological polar surface area (TPSA) is 85.4 Å². The van der Waals surface area contributed by atoms with E-state index in [-0.39, 0.29) is 23.1 Å². The number of hydrogen-bond acceptors (Lipinski definition) is 6. The van der Waals surface area contributed by atoms with Gasteiger partial charge in [-0.25, -0.2) is 19.3 Å². The van der Waals surface area contributed by atoms with E-state index in [1.165, 1.54) is 12.1 Å². The van der Waals surface area contributed by atoms with E-state index in [9.17, 15) is 14.0 Å². The predicted octanol–water partition coefficient (Wildman–Crippen LogP) is 4.07. The molecule has 198 valence electrons. The van der Waals surface area contributed by atoms with Gasteiger partial charge in [-0.05, 0) is 81.2 Å². The number of hydrogen-bond donors (Lipinski definition) is 0. The number of piperidine rings is 1. The van der Waals surface area contributed by atoms with Crippen molar-refractivity contribution in [3.63, 3.8) is 0 Å². The van der Waals surface area contributed by atoms with Gasteiger partial charge < -0.3 is 9.47 Å². The molecule has 0 N–H and O–H groups in total. The fourth-order valence-corrected chi connectivity index (χ4v) is 5.46. The van der Waals surface area contributed by atoms with Crippen LogP contribution in [0.2, 0.25) is 0 Å². The highest BCUT2D eigenvalue weighted by Crippen LogP contribution is 2.25. The second kappa shape index (κ2) is 10.5. The van der Waals surface area contributed by atoms with Crippen LogP contribution < -0.4 is 5.56 Å². The van der Waals surface area contributed by atoms with Crippen LogP contribution in [0.15, 0.2) is 71.8 Å². The van der Waals surface area contributed by atoms with Gasteiger partial charge in [0.2, 0.25) is 5.78 Å². The minimum absolute atomic E-state index is 0.0163. The number of ketones is 1. The first-order valence-corrected chi connectivity index (χ1v) is 13.3. The zero-order chi connectivity index (χ0) is 26.9. The number of benzene rings is 1. The number of imidazole rings is 1. The summed E-state index contributed by atoms with van der Waals surface area (Å²) in [6.07, 6.45) is 5.51. The van der Waals surface area contributed by atoms with Crippen LogP contribution in [0.4, 0.5) is 4.39 Å². The third-order valence-electron chi connectivity index (χ3n) is 7.65. The summed E-state index contributed by atoms with van der Waals surface area (Å²) in [5.41, 5.74) is 4.34. The Bertz CT molecular complexity index is 1720. The molecule has 0 aliphatic carbocycles. The molecule has 5 heterocycles. The number of aromatic nitrogens is 5. The number of aryl methyl sites for hydroxylation is 1. The molecule has 0 amide bonds. The molecule has 5 aromatic rings. The highest BCUT2D eigenvalue weighted by molar-refractivity contribution is 5.97. The summed E-state index contributed by atoms with van der Waals surface area (Å²) in [5, 5.41) is 0. The Labute approximate surface area is 224 Å². The Hall–Kier alpha value is -4.24. The Morgan fingerprint density at radius 2 is 1.82 bits per heavy atom. The Morgan fingerprint density at radius 1 is 1.03 bits per heavy atom. The van der Waals surface area contributed by atoms with Crippen LogP contribution >= 0.6 is 0 Å². The van der Waals surface area contributed by atoms with Crippen LogP contribution in [-0.2, 0) is 13.0 Å². The second-order valence-electron chi connectivity index (χ2n) is 10.1. The normalized spacial score (nSPS) is 14.8. The monoisotopic (exact) mass is 524 g/mol. The van der Waals surface area contributed by atoms with Crippen LogP contribution in [0.1, 0.15) is 40.3 Å². The van der Waals surface area contributed by atoms with Gasteiger partial charge in [0, 0.05) is 36.1 Å². The van der Waals surface area contributed by atoms with Gasteiger partial charge in [-0.15, -0.1) is 0 Å². The molecule has 0 saturated carbocycles. The van der Waals surface area contributed by atoms with E-state index in [2.05, 4.69) is 19.9 Å². The molecule has 4 aromatic heterocycles. The van der Waals surface area contributed by atoms with Gasteiger partial charge in [-0.3, -0.25) is 14.0 Å². The quantitative estimate of drug-likeness (QED) is 0.299. The van der Waals surface area contributed by atoms with E-state index in [1.54, 1.807) is 28.9 Å². The van der Waals surface area contributed by atoms with Crippen molar-refractivity contribution >= 4 is 22.6 Å². The summed E-state index contributed by atoms with van der Waals surface area (Å²) in [4.78, 5) is 42.7. The highest BCUT2D eigenvalue weighted by atomic mass is 19.1. The van der Waals surface area contributed by atoms with Gasteiger partial charge >= 0.3 is 0 Å². The summed E-state index contributed by atoms with van der Waals surface area (Å²) < 4.78 is 16.9. The Balaban J connectivity index is 1.15. The average Bonchev–Trinajstić information content (AvgIpc) is 3.32. The van der Waals surface area contributed by atoms with Crippen molar-refractivity contribution in [3.8, 4) is 0 Å². The molecule has 9 heteroatoms. The molecule has 1 fully saturated rings. The first-order chi connectivity index (χ1) is 19.0. The smallest absolute Gasteiger partial charge is 0.261 e. The van der Waals surface area contributed by atoms with E-state index in [0.29, 0.717) is 35.6 Å². The molecule has 0 atom stereocenters. The zero-order valence-corrected chi connectivity index (χ0v) is 21.8. The fraction of sp³-hybridized carbons (Fsp3) is 0.300. The van der Waals surface area contributed by atoms with Crippen molar-refractivity contribution in [2.75, 3.05) is 19.6 Å². The number of pyridine rings is 2. The SMILES string of the molecule is Cc1nc2ccccn2c(=O)c1CCN1CCC(C(=O)c2nc3cccnc3n2Cc2ccc(F)cc2)CC1. The third kappa shape index (κ3) is 4.97. The number of carbonyl (C=O) groups is 1. The second-order valence-corrected chi connectivity index (χ2v) is 10.1. The molecule has 1 aliphatic heterocycles. The van der Waals surface area contributed by atoms with E-state index < -0.39 is 0 Å². The molecule has 1 saturated heterocycles. The van der Waals surface area contributed by atoms with Crippen molar-refractivity contribution in [1.82, 2.24) is 28.8 Å². The van der Waals surface area contributed by atoms with Gasteiger partial charge in [0.05, 0.1) is 6.54 Å². The lowest BCUT2D eigenvalue weighted by atomic mass is 9.91. The molecule has 0 bridgehead atoms. The number of halogens is 1. The van der Waals surface area contributed by atoms with Gasteiger partial charge in [-0.1, -0.05) is 18.2 Å². The molecule has 1 aromatic carbocycles. The highest BCUT2D eigenvalue weighted by Gasteiger charge is 2.30. The third-order valence-corrected chi connectivity index (χ3v) is 7.65. The number of Topliss-reactive ketones (excluding diaryl/α,β-unsaturated/α-hetero) is 1. The van der Waals surface area contributed by atoms with Crippen molar-refractivity contribution in [2.45, 2.75) is 32.7 Å². The van der Waals surface area contributed by atoms with E-state index in [4.69, 9.17) is 0 Å². The molecule has 8 nitrogen and oxygen atoms in total. The number of fused-ring (bicyclic) bond motifs is 2. The zero-order valence-electron chi connectivity index (χ0n) is 21.8. The van der Waals surface area contributed by atoms with Crippen molar-refractivity contribution in [2.24, 2.45) is 5.92 Å². The molecule has 6 rings (SSSR count). The lowest BCUT2D eigenvalue weighted by Crippen LogP contribution is -2.38. The van der Waals surface area contributed by atoms with Crippen LogP contribution in [-0.4, -0.2) is 54.2 Å². The van der Waals surface area contributed by atoms with Crippen LogP contribution in [0.3, 0.4) is 0 Å². The first kappa shape index (κ1) is 25.1. The van der Waals surface area contributed by atoms with Crippen LogP contribution in [0, 0.1) is 18.7 Å². The van der Waals surface area contributed by atoms with Crippen molar-refractivity contribution in [3.05, 3.63) is 106 Å². The minimum atomic E-state index is -0.298. The van der Waals surface area contributed by atoms with Crippen molar-refractivity contribution < 1.29 is 9.18 Å². The Kier molecular flexibility index (Phi) is 6.74. The predicted molar refractivity (Wildman–Crippen MR) is 146 cm³/mol. The average molecular weight is 525 g/mol. The summed E-state index contributed by atoms with van der Waals surface area (Å²) >= 11 is 0. The molecule has 0 unspecified atom stereocenters. The minimum Gasteiger partial charge on any atom is -0.303 e. The maximum Gasteiger partial charge on any atom is 0.261 e. The molecule has 0 spiro atoms. The Morgan fingerprint density at radius 3 is 2.62 bits per heavy atom. The lowest BCUT2D eigenvalue weighted by molar-refractivity contribution is 0.0826. The van der Waals surface area contributed by atoms with Crippen LogP contribution in [0.25, 0.3) is 16.8 Å². The molecule has 39 heavy (non-hydrogen) atoms. The largest absolute Gasteiger partial charge is 0.303 e. The fourth-order valence-electron chi connectivity index (χ4n) is 5.46. The van der Waals surface area contributed by atoms with E-state index in [1.807, 2.05) is 41.8 Å². The summed E-state index contributed by atoms with van der Waals surface area (Å²) in [7, 11) is 0. The number of carbonyl (C=O) groups excluding carboxylic acids is 1. The van der Waals surface area contributed by atoms with Crippen molar-refractivity contribution in [1.29, 1.82) is 0 Å². The van der Waals surface area contributed by atoms with Gasteiger partial charge in [0.15, 0.2) is 11.5 Å². The maximum atomic E-state index is 13.7. The summed E-state index contributed by atoms with van der Waals surface area (Å²) in [5.74, 6) is -0.0210. The maximum absolute atomic E-state index is 13.7. The lowest BCUT2D eigenvalue weighted by Gasteiger charge is -2.31. The van der Waals surface area contributed by atoms with Gasteiger partial charge in [0.25, 0.3) is 5.56 Å². The number of rotatable bonds is 7.